The molecule has 0 N–H and O–H groups in total. The van der Waals surface area contributed by atoms with Gasteiger partial charge in [-0.25, -0.2) is 0 Å². The van der Waals surface area contributed by atoms with Crippen molar-refractivity contribution >= 4 is 17.3 Å². The topological polar surface area (TPSA) is 17.1 Å². The van der Waals surface area contributed by atoms with E-state index in [9.17, 15) is 0 Å². The van der Waals surface area contributed by atoms with E-state index in [1.807, 2.05) is 6.79 Å². The van der Waals surface area contributed by atoms with Crippen LogP contribution < -0.4 is 0 Å². The van der Waals surface area contributed by atoms with Gasteiger partial charge in [0.1, 0.15) is 6.79 Å². The van der Waals surface area contributed by atoms with E-state index >= 15 is 0 Å². The van der Waals surface area contributed by atoms with Gasteiger partial charge in [-0.15, -0.1) is 0 Å². The van der Waals surface area contributed by atoms with E-state index in [0.717, 1.165) is 0 Å². The Balaban J connectivity index is 0. The van der Waals surface area contributed by atoms with E-state index in [2.05, 4.69) is 24.9 Å². The van der Waals surface area contributed by atoms with Gasteiger partial charge in [-0.2, -0.15) is 0 Å². The van der Waals surface area contributed by atoms with Crippen LogP contribution in [0.5, 0.6) is 0 Å². The first kappa shape index (κ1) is 8.83. The number of rotatable bonds is 0. The van der Waals surface area contributed by atoms with Crippen molar-refractivity contribution in [3.8, 4) is 0 Å². The predicted octanol–water partition coefficient (Wildman–Crippen LogP) is 0.461. The Labute approximate surface area is 37.1 Å². The van der Waals surface area contributed by atoms with Crippen molar-refractivity contribution in [3.05, 3.63) is 0 Å². The van der Waals surface area contributed by atoms with Crippen LogP contribution in [0.2, 0.25) is 0 Å². The minimum absolute atomic E-state index is 2.00. The second-order valence-electron chi connectivity index (χ2n) is 0. The van der Waals surface area contributed by atoms with Gasteiger partial charge in [0, 0.05) is 0 Å². The molecule has 0 fully saturated rings. The van der Waals surface area contributed by atoms with Gasteiger partial charge in [0.15, 0.2) is 0 Å². The molecule has 4 heavy (non-hydrogen) atoms. The van der Waals surface area contributed by atoms with Crippen LogP contribution in [0.3, 0.4) is 0 Å². The van der Waals surface area contributed by atoms with Gasteiger partial charge >= 0.3 is 24.9 Å². The Bertz CT molecular complexity index is 10.0. The van der Waals surface area contributed by atoms with E-state index < -0.39 is 0 Å². The normalized spacial score (nSPS) is 2.25. The summed E-state index contributed by atoms with van der Waals surface area (Å²) in [5.41, 5.74) is 0. The summed E-state index contributed by atoms with van der Waals surface area (Å²) >= 11 is 2.83. The third kappa shape index (κ3) is 28.5. The molecule has 0 unspecified atom stereocenters. The second-order valence-corrected chi connectivity index (χ2v) is 0. The summed E-state index contributed by atoms with van der Waals surface area (Å²) in [5, 5.41) is 0. The van der Waals surface area contributed by atoms with Gasteiger partial charge in [0.05, 0.1) is 0 Å². The molecule has 0 aromatic carbocycles. The molecule has 3 heteroatoms. The van der Waals surface area contributed by atoms with E-state index in [1.54, 1.807) is 0 Å². The summed E-state index contributed by atoms with van der Waals surface area (Å²) in [6.07, 6.45) is 0. The van der Waals surface area contributed by atoms with Gasteiger partial charge in [0.25, 0.3) is 0 Å². The average molecular weight is 118 g/mol. The zero-order chi connectivity index (χ0) is 4.00. The third-order valence-corrected chi connectivity index (χ3v) is 0. The summed E-state index contributed by atoms with van der Waals surface area (Å²) in [6.45, 7) is 2.00. The van der Waals surface area contributed by atoms with Crippen LogP contribution in [0.4, 0.5) is 0 Å². The quantitative estimate of drug-likeness (QED) is 0.430. The summed E-state index contributed by atoms with van der Waals surface area (Å²) < 4.78 is 0. The molecule has 0 aromatic rings. The molecular weight excluding hydrogens is 116 g/mol. The standard InChI is InChI=1S/CH2O.Fe.S/c1-2;;/h1H2;;. The third-order valence-electron chi connectivity index (χ3n) is 0. The Hall–Kier alpha value is 0.409. The number of hydrogen-bond donors (Lipinski definition) is 0. The number of carbonyl (C=O) groups is 1. The molecule has 0 amide bonds. The van der Waals surface area contributed by atoms with E-state index in [1.165, 1.54) is 0 Å². The molecule has 1 nitrogen and oxygen atoms in total. The van der Waals surface area contributed by atoms with Crippen LogP contribution in [-0.2, 0) is 19.2 Å². The fourth-order valence-electron chi connectivity index (χ4n) is 0. The maximum atomic E-state index is 8.00. The van der Waals surface area contributed by atoms with Gasteiger partial charge in [0.2, 0.25) is 0 Å². The fourth-order valence-corrected chi connectivity index (χ4v) is 0. The molecule has 26 valence electrons. The van der Waals surface area contributed by atoms with Crippen molar-refractivity contribution in [1.82, 2.24) is 0 Å². The minimum atomic E-state index is 2.00. The molecule has 0 aliphatic heterocycles. The van der Waals surface area contributed by atoms with Crippen LogP contribution in [-0.4, -0.2) is 6.79 Å². The van der Waals surface area contributed by atoms with Crippen molar-refractivity contribution in [3.63, 3.8) is 0 Å². The first-order valence-corrected chi connectivity index (χ1v) is 2.07. The first-order chi connectivity index (χ1) is 2.00. The molecular formula is CH2FeOS. The molecule has 0 aromatic heterocycles. The maximum absolute atomic E-state index is 8.00. The first-order valence-electron chi connectivity index (χ1n) is 0.433. The molecule has 0 saturated heterocycles. The van der Waals surface area contributed by atoms with E-state index in [-0.39, 0.29) is 0 Å². The van der Waals surface area contributed by atoms with Gasteiger partial charge in [-0.05, 0) is 0 Å². The van der Waals surface area contributed by atoms with Gasteiger partial charge in [-0.1, -0.05) is 0 Å². The predicted molar refractivity (Wildman–Crippen MR) is 14.7 cm³/mol. The molecule has 0 rings (SSSR count). The molecule has 0 radical (unpaired) electrons. The molecule has 0 aliphatic carbocycles. The van der Waals surface area contributed by atoms with Crippen molar-refractivity contribution in [1.29, 1.82) is 0 Å². The molecule has 0 saturated carbocycles. The van der Waals surface area contributed by atoms with Crippen LogP contribution in [0.1, 0.15) is 0 Å². The summed E-state index contributed by atoms with van der Waals surface area (Å²) in [7, 11) is 3.83. The zero-order valence-corrected chi connectivity index (χ0v) is 3.80. The Morgan fingerprint density at radius 2 is 1.50 bits per heavy atom. The summed E-state index contributed by atoms with van der Waals surface area (Å²) in [5.74, 6) is 0. The SMILES string of the molecule is C=O.[S]=[Fe]. The van der Waals surface area contributed by atoms with Crippen LogP contribution >= 0.6 is 10.6 Å². The summed E-state index contributed by atoms with van der Waals surface area (Å²) in [4.78, 5) is 8.00. The van der Waals surface area contributed by atoms with Crippen molar-refractivity contribution in [2.24, 2.45) is 0 Å². The molecule has 0 spiro atoms. The zero-order valence-electron chi connectivity index (χ0n) is 1.88. The molecule has 0 aliphatic rings. The Morgan fingerprint density at radius 3 is 1.50 bits per heavy atom. The van der Waals surface area contributed by atoms with Crippen LogP contribution in [0, 0.1) is 0 Å². The van der Waals surface area contributed by atoms with Crippen LogP contribution in [0.15, 0.2) is 0 Å². The second kappa shape index (κ2) is 118. The van der Waals surface area contributed by atoms with E-state index in [4.69, 9.17) is 4.79 Å². The van der Waals surface area contributed by atoms with Gasteiger partial charge < -0.3 is 4.79 Å². The van der Waals surface area contributed by atoms with Crippen molar-refractivity contribution in [2.45, 2.75) is 0 Å². The monoisotopic (exact) mass is 118 g/mol. The fraction of sp³-hybridized carbons (Fsp3) is 0. The number of carbonyl (C=O) groups excluding carboxylic acids is 1. The van der Waals surface area contributed by atoms with Crippen LogP contribution in [0.25, 0.3) is 0 Å². The van der Waals surface area contributed by atoms with Gasteiger partial charge in [-0.3, -0.25) is 0 Å². The summed E-state index contributed by atoms with van der Waals surface area (Å²) in [6, 6.07) is 0. The molecule has 0 bridgehead atoms. The molecule has 0 heterocycles. The Morgan fingerprint density at radius 1 is 1.50 bits per heavy atom. The van der Waals surface area contributed by atoms with E-state index in [0.29, 0.717) is 0 Å². The Kier molecular flexibility index (Phi) is 261. The molecule has 0 atom stereocenters. The number of hydrogen-bond acceptors (Lipinski definition) is 2. The van der Waals surface area contributed by atoms with Crippen molar-refractivity contribution < 1.29 is 19.2 Å². The van der Waals surface area contributed by atoms with Crippen molar-refractivity contribution in [2.75, 3.05) is 0 Å². The average Bonchev–Trinajstić information content (AvgIpc) is 1.50.